The smallest absolute Gasteiger partial charge is 0.460 e. The second-order valence-electron chi connectivity index (χ2n) is 3.97. The van der Waals surface area contributed by atoms with E-state index >= 15 is 0 Å². The third kappa shape index (κ3) is 3.54. The molecule has 24 heavy (non-hydrogen) atoms. The maximum atomic E-state index is 13.2. The van der Waals surface area contributed by atoms with Gasteiger partial charge in [-0.3, -0.25) is 4.72 Å². The molecule has 0 saturated carbocycles. The van der Waals surface area contributed by atoms with Crippen LogP contribution in [0.1, 0.15) is 6.92 Å². The highest BCUT2D eigenvalue weighted by Gasteiger charge is 2.85. The average molecular weight is 397 g/mol. The molecule has 0 aliphatic heterocycles. The molecule has 0 fully saturated rings. The molecule has 15 heteroatoms. The molecule has 0 aromatic rings. The van der Waals surface area contributed by atoms with E-state index in [1.807, 2.05) is 0 Å². The fraction of sp³-hybridized carbons (Fsp3) is 0.667. The molecule has 5 nitrogen and oxygen atoms in total. The molecule has 0 saturated heterocycles. The van der Waals surface area contributed by atoms with Crippen molar-refractivity contribution in [2.24, 2.45) is 0 Å². The minimum Gasteiger partial charge on any atom is -0.461 e. The van der Waals surface area contributed by atoms with Crippen LogP contribution in [0.25, 0.3) is 0 Å². The maximum absolute atomic E-state index is 13.2. The Labute approximate surface area is 128 Å². The van der Waals surface area contributed by atoms with E-state index in [-0.39, 0.29) is 0 Å². The number of ether oxygens (including phenoxy) is 1. The average Bonchev–Trinajstić information content (AvgIpc) is 2.36. The third-order valence-electron chi connectivity index (χ3n) is 2.23. The minimum atomic E-state index is -7.40. The van der Waals surface area contributed by atoms with Gasteiger partial charge in [0.05, 0.1) is 6.61 Å². The molecule has 0 aliphatic rings. The number of esters is 1. The van der Waals surface area contributed by atoms with E-state index in [0.29, 0.717) is 4.72 Å². The first kappa shape index (κ1) is 22.3. The van der Waals surface area contributed by atoms with Gasteiger partial charge in [-0.05, 0) is 6.92 Å². The summed E-state index contributed by atoms with van der Waals surface area (Å²) in [6, 6.07) is 0. The van der Waals surface area contributed by atoms with Crippen molar-refractivity contribution in [1.82, 2.24) is 4.72 Å². The Bertz CT molecular complexity index is 611. The fourth-order valence-corrected chi connectivity index (χ4v) is 2.02. The van der Waals surface area contributed by atoms with E-state index in [9.17, 15) is 52.7 Å². The summed E-state index contributed by atoms with van der Waals surface area (Å²) >= 11 is 0. The van der Waals surface area contributed by atoms with Crippen LogP contribution in [0.5, 0.6) is 0 Å². The SMILES string of the molecule is C=C(NS(=O)(=O)C(F)(F)C(F)(F)C(F)(F)C(F)(F)F)C(=O)OCC. The van der Waals surface area contributed by atoms with Crippen LogP contribution in [0, 0.1) is 0 Å². The minimum absolute atomic E-state index is 0.383. The molecule has 0 aliphatic carbocycles. The van der Waals surface area contributed by atoms with Crippen LogP contribution in [0.2, 0.25) is 0 Å². The predicted octanol–water partition coefficient (Wildman–Crippen LogP) is 2.41. The van der Waals surface area contributed by atoms with Gasteiger partial charge in [0.1, 0.15) is 5.70 Å². The summed E-state index contributed by atoms with van der Waals surface area (Å²) in [5.41, 5.74) is -1.61. The number of sulfonamides is 1. The van der Waals surface area contributed by atoms with E-state index in [2.05, 4.69) is 11.3 Å². The summed E-state index contributed by atoms with van der Waals surface area (Å²) in [4.78, 5) is 10.9. The largest absolute Gasteiger partial charge is 0.461 e. The van der Waals surface area contributed by atoms with Gasteiger partial charge in [0.25, 0.3) is 0 Å². The van der Waals surface area contributed by atoms with Crippen LogP contribution < -0.4 is 4.72 Å². The second kappa shape index (κ2) is 6.33. The predicted molar refractivity (Wildman–Crippen MR) is 58.7 cm³/mol. The number of alkyl halides is 9. The van der Waals surface area contributed by atoms with Crippen molar-refractivity contribution in [3.05, 3.63) is 12.3 Å². The van der Waals surface area contributed by atoms with Crippen molar-refractivity contribution >= 4 is 16.0 Å². The van der Waals surface area contributed by atoms with Gasteiger partial charge >= 0.3 is 39.3 Å². The molecule has 142 valence electrons. The van der Waals surface area contributed by atoms with Crippen LogP contribution in [-0.4, -0.2) is 44.3 Å². The quantitative estimate of drug-likeness (QED) is 0.407. The van der Waals surface area contributed by atoms with Gasteiger partial charge in [0.2, 0.25) is 0 Å². The first-order chi connectivity index (χ1) is 10.4. The Morgan fingerprint density at radius 3 is 1.75 bits per heavy atom. The number of hydrogen-bond donors (Lipinski definition) is 1. The van der Waals surface area contributed by atoms with Crippen LogP contribution >= 0.6 is 0 Å². The van der Waals surface area contributed by atoms with Crippen molar-refractivity contribution in [2.45, 2.75) is 30.2 Å². The Morgan fingerprint density at radius 2 is 1.42 bits per heavy atom. The molecule has 0 bridgehead atoms. The number of rotatable bonds is 7. The van der Waals surface area contributed by atoms with Gasteiger partial charge in [-0.1, -0.05) is 6.58 Å². The highest BCUT2D eigenvalue weighted by atomic mass is 32.2. The number of carbonyl (C=O) groups is 1. The van der Waals surface area contributed by atoms with Gasteiger partial charge in [0, 0.05) is 0 Å². The van der Waals surface area contributed by atoms with E-state index < -0.39 is 51.6 Å². The van der Waals surface area contributed by atoms with Gasteiger partial charge in [-0.15, -0.1) is 0 Å². The molecule has 0 amide bonds. The molecule has 0 atom stereocenters. The highest BCUT2D eigenvalue weighted by Crippen LogP contribution is 2.54. The molecule has 0 heterocycles. The number of carbonyl (C=O) groups excluding carboxylic acids is 1. The molecule has 0 radical (unpaired) electrons. The summed E-state index contributed by atoms with van der Waals surface area (Å²) in [7, 11) is -6.94. The Kier molecular flexibility index (Phi) is 5.89. The van der Waals surface area contributed by atoms with Crippen LogP contribution in [0.4, 0.5) is 39.5 Å². The van der Waals surface area contributed by atoms with E-state index in [0.717, 1.165) is 6.92 Å². The first-order valence-electron chi connectivity index (χ1n) is 5.45. The van der Waals surface area contributed by atoms with Crippen LogP contribution in [-0.2, 0) is 19.6 Å². The first-order valence-corrected chi connectivity index (χ1v) is 6.93. The second-order valence-corrected chi connectivity index (χ2v) is 5.69. The molecular weight excluding hydrogens is 389 g/mol. The molecule has 0 unspecified atom stereocenters. The van der Waals surface area contributed by atoms with Gasteiger partial charge in [-0.2, -0.15) is 47.9 Å². The zero-order chi connectivity index (χ0) is 19.8. The summed E-state index contributed by atoms with van der Waals surface area (Å²) in [5.74, 6) is -16.6. The van der Waals surface area contributed by atoms with Crippen molar-refractivity contribution < 1.29 is 57.5 Å². The number of hydrogen-bond acceptors (Lipinski definition) is 4. The lowest BCUT2D eigenvalue weighted by Gasteiger charge is -2.33. The standard InChI is InChI=1S/C9H8F9NO4S/c1-3-23-5(20)4(2)19-24(21,22)9(17,18)7(12,13)6(10,11)8(14,15)16/h19H,2-3H2,1H3. The van der Waals surface area contributed by atoms with Crippen molar-refractivity contribution in [1.29, 1.82) is 0 Å². The molecule has 0 rings (SSSR count). The molecule has 0 aromatic heterocycles. The summed E-state index contributed by atoms with van der Waals surface area (Å²) in [6.07, 6.45) is -7.19. The van der Waals surface area contributed by atoms with Crippen LogP contribution in [0.15, 0.2) is 12.3 Å². The lowest BCUT2D eigenvalue weighted by atomic mass is 10.1. The number of nitrogens with one attached hydrogen (secondary N) is 1. The van der Waals surface area contributed by atoms with Gasteiger partial charge in [-0.25, -0.2) is 4.79 Å². The maximum Gasteiger partial charge on any atom is 0.460 e. The van der Waals surface area contributed by atoms with Gasteiger partial charge < -0.3 is 4.74 Å². The number of halogens is 9. The fourth-order valence-electron chi connectivity index (χ4n) is 1.02. The van der Waals surface area contributed by atoms with Crippen molar-refractivity contribution in [2.75, 3.05) is 6.61 Å². The zero-order valence-corrected chi connectivity index (χ0v) is 12.2. The van der Waals surface area contributed by atoms with E-state index in [4.69, 9.17) is 0 Å². The van der Waals surface area contributed by atoms with E-state index in [1.54, 1.807) is 0 Å². The normalized spacial score (nSPS) is 14.2. The van der Waals surface area contributed by atoms with Crippen molar-refractivity contribution in [3.63, 3.8) is 0 Å². The zero-order valence-electron chi connectivity index (χ0n) is 11.4. The molecule has 0 aromatic carbocycles. The van der Waals surface area contributed by atoms with Gasteiger partial charge in [0.15, 0.2) is 0 Å². The van der Waals surface area contributed by atoms with E-state index in [1.165, 1.54) is 0 Å². The topological polar surface area (TPSA) is 72.5 Å². The Morgan fingerprint density at radius 1 is 1.00 bits per heavy atom. The summed E-state index contributed by atoms with van der Waals surface area (Å²) in [5, 5.41) is -6.96. The highest BCUT2D eigenvalue weighted by molar-refractivity contribution is 7.90. The third-order valence-corrected chi connectivity index (χ3v) is 3.68. The van der Waals surface area contributed by atoms with Crippen LogP contribution in [0.3, 0.4) is 0 Å². The Hall–Kier alpha value is -1.67. The lowest BCUT2D eigenvalue weighted by Crippen LogP contribution is -2.64. The monoisotopic (exact) mass is 397 g/mol. The summed E-state index contributed by atoms with van der Waals surface area (Å²) in [6.45, 7) is 3.23. The molecule has 0 spiro atoms. The molecular formula is C9H8F9NO4S. The summed E-state index contributed by atoms with van der Waals surface area (Å²) < 4.78 is 140. The lowest BCUT2D eigenvalue weighted by molar-refractivity contribution is -0.382. The van der Waals surface area contributed by atoms with Crippen molar-refractivity contribution in [3.8, 4) is 0 Å². The molecule has 1 N–H and O–H groups in total. The Balaban J connectivity index is 5.87.